The van der Waals surface area contributed by atoms with Gasteiger partial charge in [-0.2, -0.15) is 13.2 Å². The van der Waals surface area contributed by atoms with E-state index in [4.69, 9.17) is 4.74 Å². The summed E-state index contributed by atoms with van der Waals surface area (Å²) in [5.41, 5.74) is 0.472. The monoisotopic (exact) mass is 272 g/mol. The molecule has 1 rings (SSSR count). The summed E-state index contributed by atoms with van der Waals surface area (Å²) in [5, 5.41) is 0. The zero-order valence-electron chi connectivity index (χ0n) is 10.3. The van der Waals surface area contributed by atoms with Crippen molar-refractivity contribution in [3.05, 3.63) is 48.0 Å². The minimum absolute atomic E-state index is 0.216. The number of unbranched alkanes of at least 4 members (excludes halogenated alkanes) is 2. The Balaban J connectivity index is 2.12. The number of halogens is 3. The van der Waals surface area contributed by atoms with E-state index < -0.39 is 12.1 Å². The lowest BCUT2D eigenvalue weighted by Gasteiger charge is -2.03. The van der Waals surface area contributed by atoms with Crippen molar-refractivity contribution in [2.75, 3.05) is 6.61 Å². The third kappa shape index (κ3) is 7.28. The van der Waals surface area contributed by atoms with Gasteiger partial charge in [0.05, 0.1) is 12.2 Å². The van der Waals surface area contributed by atoms with Crippen LogP contribution in [0.2, 0.25) is 0 Å². The topological polar surface area (TPSA) is 26.3 Å². The first-order valence-corrected chi connectivity index (χ1v) is 5.95. The summed E-state index contributed by atoms with van der Waals surface area (Å²) in [7, 11) is 0. The van der Waals surface area contributed by atoms with Crippen LogP contribution in [0.15, 0.2) is 42.5 Å². The van der Waals surface area contributed by atoms with Crippen molar-refractivity contribution < 1.29 is 22.7 Å². The van der Waals surface area contributed by atoms with Gasteiger partial charge >= 0.3 is 12.1 Å². The molecule has 0 fully saturated rings. The van der Waals surface area contributed by atoms with Crippen molar-refractivity contribution in [3.63, 3.8) is 0 Å². The summed E-state index contributed by atoms with van der Waals surface area (Å²) in [6.07, 6.45) is -1.53. The molecule has 0 radical (unpaired) electrons. The average molecular weight is 272 g/mol. The molecule has 0 amide bonds. The first-order valence-electron chi connectivity index (χ1n) is 5.95. The summed E-state index contributed by atoms with van der Waals surface area (Å²) < 4.78 is 40.3. The zero-order chi connectivity index (χ0) is 14.1. The van der Waals surface area contributed by atoms with Gasteiger partial charge in [0.25, 0.3) is 0 Å². The highest BCUT2D eigenvalue weighted by Crippen LogP contribution is 2.16. The molecule has 0 unspecified atom stereocenters. The predicted molar refractivity (Wildman–Crippen MR) is 65.8 cm³/mol. The Labute approximate surface area is 109 Å². The Bertz CT molecular complexity index is 410. The summed E-state index contributed by atoms with van der Waals surface area (Å²) in [6, 6.07) is 8.56. The van der Waals surface area contributed by atoms with Gasteiger partial charge in [0.15, 0.2) is 0 Å². The fourth-order valence-electron chi connectivity index (χ4n) is 1.40. The van der Waals surface area contributed by atoms with Gasteiger partial charge in [-0.3, -0.25) is 0 Å². The molecule has 5 heteroatoms. The normalized spacial score (nSPS) is 11.7. The smallest absolute Gasteiger partial charge is 0.409 e. The van der Waals surface area contributed by atoms with Crippen LogP contribution in [0.5, 0.6) is 0 Å². The summed E-state index contributed by atoms with van der Waals surface area (Å²) >= 11 is 0. The van der Waals surface area contributed by atoms with E-state index in [2.05, 4.69) is 0 Å². The van der Waals surface area contributed by atoms with Gasteiger partial charge in [-0.25, -0.2) is 4.79 Å². The molecule has 0 bridgehead atoms. The first kappa shape index (κ1) is 15.3. The highest BCUT2D eigenvalue weighted by Gasteiger charge is 2.21. The number of carbonyl (C=O) groups excluding carboxylic acids is 1. The van der Waals surface area contributed by atoms with Crippen LogP contribution in [-0.2, 0) is 4.74 Å². The van der Waals surface area contributed by atoms with Crippen molar-refractivity contribution in [1.29, 1.82) is 0 Å². The molecule has 0 saturated heterocycles. The molecule has 0 spiro atoms. The molecule has 1 aromatic carbocycles. The molecule has 0 saturated carbocycles. The number of carbonyl (C=O) groups is 1. The van der Waals surface area contributed by atoms with Gasteiger partial charge in [-0.05, 0) is 31.4 Å². The Morgan fingerprint density at radius 1 is 1.16 bits per heavy atom. The molecule has 104 valence electrons. The third-order valence-electron chi connectivity index (χ3n) is 2.31. The Morgan fingerprint density at radius 2 is 1.84 bits per heavy atom. The summed E-state index contributed by atoms with van der Waals surface area (Å²) in [5.74, 6) is -0.411. The van der Waals surface area contributed by atoms with E-state index >= 15 is 0 Å². The molecule has 0 aromatic heterocycles. The molecule has 0 heterocycles. The summed E-state index contributed by atoms with van der Waals surface area (Å²) in [6.45, 7) is 0.216. The van der Waals surface area contributed by atoms with Gasteiger partial charge in [0.1, 0.15) is 0 Å². The fraction of sp³-hybridized carbons (Fsp3) is 0.357. The molecule has 2 nitrogen and oxygen atoms in total. The minimum Gasteiger partial charge on any atom is -0.462 e. The number of hydrogen-bond acceptors (Lipinski definition) is 2. The lowest BCUT2D eigenvalue weighted by atomic mass is 10.2. The van der Waals surface area contributed by atoms with E-state index in [0.717, 1.165) is 6.08 Å². The lowest BCUT2D eigenvalue weighted by molar-refractivity contribution is -0.0800. The fourth-order valence-corrected chi connectivity index (χ4v) is 1.40. The van der Waals surface area contributed by atoms with Crippen LogP contribution >= 0.6 is 0 Å². The number of esters is 1. The minimum atomic E-state index is -4.25. The van der Waals surface area contributed by atoms with Crippen molar-refractivity contribution in [3.8, 4) is 0 Å². The number of rotatable bonds is 6. The van der Waals surface area contributed by atoms with E-state index in [1.807, 2.05) is 0 Å². The standard InChI is InChI=1S/C14H15F3O2/c15-14(16,17)10-6-1-2-7-11-19-13(18)12-8-4-3-5-9-12/h3-6,8-10H,1-2,7,11H2/b10-6+. The lowest BCUT2D eigenvalue weighted by Crippen LogP contribution is -2.06. The zero-order valence-corrected chi connectivity index (χ0v) is 10.3. The molecule has 0 aliphatic heterocycles. The highest BCUT2D eigenvalue weighted by molar-refractivity contribution is 5.89. The Hall–Kier alpha value is -1.78. The molecule has 0 N–H and O–H groups in total. The Morgan fingerprint density at radius 3 is 2.47 bits per heavy atom. The quantitative estimate of drug-likeness (QED) is 0.442. The highest BCUT2D eigenvalue weighted by atomic mass is 19.4. The van der Waals surface area contributed by atoms with Gasteiger partial charge in [0.2, 0.25) is 0 Å². The molecule has 19 heavy (non-hydrogen) atoms. The van der Waals surface area contributed by atoms with Crippen molar-refractivity contribution in [2.24, 2.45) is 0 Å². The average Bonchev–Trinajstić information content (AvgIpc) is 2.37. The number of benzene rings is 1. The van der Waals surface area contributed by atoms with Gasteiger partial charge < -0.3 is 4.74 Å². The van der Waals surface area contributed by atoms with E-state index in [1.165, 1.54) is 0 Å². The molecular formula is C14H15F3O2. The third-order valence-corrected chi connectivity index (χ3v) is 2.31. The van der Waals surface area contributed by atoms with E-state index in [1.54, 1.807) is 30.3 Å². The first-order chi connectivity index (χ1) is 8.99. The van der Waals surface area contributed by atoms with Gasteiger partial charge in [-0.1, -0.05) is 24.3 Å². The second-order valence-electron chi connectivity index (χ2n) is 3.94. The van der Waals surface area contributed by atoms with Crippen molar-refractivity contribution >= 4 is 5.97 Å². The second-order valence-corrected chi connectivity index (χ2v) is 3.94. The van der Waals surface area contributed by atoms with Gasteiger partial charge in [-0.15, -0.1) is 0 Å². The maximum absolute atomic E-state index is 11.8. The van der Waals surface area contributed by atoms with E-state index in [9.17, 15) is 18.0 Å². The second kappa shape index (κ2) is 7.61. The van der Waals surface area contributed by atoms with E-state index in [-0.39, 0.29) is 12.7 Å². The van der Waals surface area contributed by atoms with Crippen LogP contribution in [0.25, 0.3) is 0 Å². The Kier molecular flexibility index (Phi) is 6.12. The maximum atomic E-state index is 11.8. The van der Waals surface area contributed by atoms with Crippen LogP contribution in [0.3, 0.4) is 0 Å². The van der Waals surface area contributed by atoms with Crippen LogP contribution in [0.4, 0.5) is 13.2 Å². The molecular weight excluding hydrogens is 257 g/mol. The number of ether oxygens (including phenoxy) is 1. The largest absolute Gasteiger partial charge is 0.462 e. The van der Waals surface area contributed by atoms with Crippen LogP contribution in [0, 0.1) is 0 Å². The van der Waals surface area contributed by atoms with E-state index in [0.29, 0.717) is 24.8 Å². The molecule has 1 aromatic rings. The van der Waals surface area contributed by atoms with Gasteiger partial charge in [0, 0.05) is 6.08 Å². The maximum Gasteiger partial charge on any atom is 0.409 e. The SMILES string of the molecule is O=C(OCCCC/C=C/C(F)(F)F)c1ccccc1. The molecule has 0 aliphatic carbocycles. The summed E-state index contributed by atoms with van der Waals surface area (Å²) in [4.78, 5) is 11.5. The predicted octanol–water partition coefficient (Wildman–Crippen LogP) is 4.13. The number of alkyl halides is 3. The van der Waals surface area contributed by atoms with Crippen molar-refractivity contribution in [1.82, 2.24) is 0 Å². The van der Waals surface area contributed by atoms with Crippen LogP contribution < -0.4 is 0 Å². The van der Waals surface area contributed by atoms with Crippen LogP contribution in [0.1, 0.15) is 29.6 Å². The number of hydrogen-bond donors (Lipinski definition) is 0. The van der Waals surface area contributed by atoms with Crippen molar-refractivity contribution in [2.45, 2.75) is 25.4 Å². The molecule has 0 aliphatic rings. The van der Waals surface area contributed by atoms with Crippen LogP contribution in [-0.4, -0.2) is 18.8 Å². The molecule has 0 atom stereocenters. The number of allylic oxidation sites excluding steroid dienone is 2.